The van der Waals surface area contributed by atoms with Crippen LogP contribution < -0.4 is 11.1 Å². The summed E-state index contributed by atoms with van der Waals surface area (Å²) in [7, 11) is 0. The third kappa shape index (κ3) is 3.64. The first-order valence-electron chi connectivity index (χ1n) is 6.62. The van der Waals surface area contributed by atoms with Crippen molar-refractivity contribution in [3.05, 3.63) is 29.3 Å². The van der Waals surface area contributed by atoms with Crippen LogP contribution in [0.25, 0.3) is 0 Å². The number of nitrogens with two attached hydrogens (primary N) is 1. The number of amides is 1. The Bertz CT molecular complexity index is 533. The van der Waals surface area contributed by atoms with Crippen LogP contribution in [0.5, 0.6) is 0 Å². The van der Waals surface area contributed by atoms with Crippen LogP contribution in [0.3, 0.4) is 0 Å². The van der Waals surface area contributed by atoms with Crippen LogP contribution in [0, 0.1) is 0 Å². The number of nitrogen functional groups attached to an aromatic ring is 1. The van der Waals surface area contributed by atoms with Crippen molar-refractivity contribution in [2.45, 2.75) is 36.7 Å². The largest absolute Gasteiger partial charge is 0.418 e. The van der Waals surface area contributed by atoms with Crippen molar-refractivity contribution >= 4 is 23.4 Å². The molecule has 2 unspecified atom stereocenters. The highest BCUT2D eigenvalue weighted by molar-refractivity contribution is 7.99. The zero-order valence-corrected chi connectivity index (χ0v) is 12.4. The van der Waals surface area contributed by atoms with Crippen molar-refractivity contribution < 1.29 is 18.0 Å². The summed E-state index contributed by atoms with van der Waals surface area (Å²) in [5.74, 6) is -0.537. The van der Waals surface area contributed by atoms with Gasteiger partial charge in [-0.15, -0.1) is 0 Å². The highest BCUT2D eigenvalue weighted by Gasteiger charge is 2.34. The standard InChI is InChI=1S/C14H17F3N2OS/c1-21-9-6-5-8(7-9)19-13(20)10-3-2-4-11(12(10)18)14(15,16)17/h2-4,8-9H,5-7,18H2,1H3,(H,19,20). The lowest BCUT2D eigenvalue weighted by atomic mass is 10.1. The lowest BCUT2D eigenvalue weighted by molar-refractivity contribution is -0.136. The van der Waals surface area contributed by atoms with Crippen molar-refractivity contribution in [1.82, 2.24) is 5.32 Å². The number of carbonyl (C=O) groups is 1. The van der Waals surface area contributed by atoms with Gasteiger partial charge >= 0.3 is 6.18 Å². The zero-order chi connectivity index (χ0) is 15.6. The van der Waals surface area contributed by atoms with Crippen LogP contribution in [0.15, 0.2) is 18.2 Å². The molecule has 0 saturated heterocycles. The van der Waals surface area contributed by atoms with E-state index < -0.39 is 23.3 Å². The van der Waals surface area contributed by atoms with E-state index in [4.69, 9.17) is 5.73 Å². The first kappa shape index (κ1) is 16.0. The summed E-state index contributed by atoms with van der Waals surface area (Å²) in [5.41, 5.74) is 3.92. The molecule has 0 heterocycles. The van der Waals surface area contributed by atoms with Gasteiger partial charge in [-0.3, -0.25) is 4.79 Å². The number of halogens is 3. The molecule has 7 heteroatoms. The number of alkyl halides is 3. The van der Waals surface area contributed by atoms with Gasteiger partial charge in [0.05, 0.1) is 16.8 Å². The van der Waals surface area contributed by atoms with Gasteiger partial charge < -0.3 is 11.1 Å². The van der Waals surface area contributed by atoms with E-state index >= 15 is 0 Å². The zero-order valence-electron chi connectivity index (χ0n) is 11.5. The van der Waals surface area contributed by atoms with E-state index in [0.29, 0.717) is 5.25 Å². The maximum atomic E-state index is 12.8. The molecule has 1 fully saturated rings. The van der Waals surface area contributed by atoms with E-state index in [1.54, 1.807) is 11.8 Å². The van der Waals surface area contributed by atoms with E-state index in [1.807, 2.05) is 6.26 Å². The third-order valence-electron chi connectivity index (χ3n) is 3.71. The molecular formula is C14H17F3N2OS. The number of hydrogen-bond acceptors (Lipinski definition) is 3. The molecule has 0 spiro atoms. The summed E-state index contributed by atoms with van der Waals surface area (Å²) >= 11 is 1.74. The third-order valence-corrected chi connectivity index (χ3v) is 4.80. The Kier molecular flexibility index (Phi) is 4.70. The predicted octanol–water partition coefficient (Wildman–Crippen LogP) is 3.30. The fourth-order valence-corrected chi connectivity index (χ4v) is 3.36. The minimum atomic E-state index is -4.56. The molecule has 3 nitrogen and oxygen atoms in total. The van der Waals surface area contributed by atoms with Gasteiger partial charge in [-0.2, -0.15) is 24.9 Å². The summed E-state index contributed by atoms with van der Waals surface area (Å²) in [4.78, 5) is 12.1. The van der Waals surface area contributed by atoms with Crippen LogP contribution >= 0.6 is 11.8 Å². The Morgan fingerprint density at radius 3 is 2.67 bits per heavy atom. The Labute approximate surface area is 125 Å². The normalized spacial score (nSPS) is 22.3. The maximum absolute atomic E-state index is 12.8. The number of benzene rings is 1. The quantitative estimate of drug-likeness (QED) is 0.841. The number of hydrogen-bond donors (Lipinski definition) is 2. The molecule has 0 aliphatic heterocycles. The molecule has 0 aromatic heterocycles. The molecule has 1 saturated carbocycles. The lowest BCUT2D eigenvalue weighted by Gasteiger charge is -2.16. The van der Waals surface area contributed by atoms with Crippen molar-refractivity contribution in [2.24, 2.45) is 0 Å². The fourth-order valence-electron chi connectivity index (χ4n) is 2.56. The number of rotatable bonds is 3. The lowest BCUT2D eigenvalue weighted by Crippen LogP contribution is -2.33. The summed E-state index contributed by atoms with van der Waals surface area (Å²) in [5, 5.41) is 3.27. The van der Waals surface area contributed by atoms with Crippen molar-refractivity contribution in [3.8, 4) is 0 Å². The smallest absolute Gasteiger partial charge is 0.398 e. The first-order valence-corrected chi connectivity index (χ1v) is 7.91. The van der Waals surface area contributed by atoms with Crippen LogP contribution in [0.4, 0.5) is 18.9 Å². The highest BCUT2D eigenvalue weighted by atomic mass is 32.2. The van der Waals surface area contributed by atoms with Gasteiger partial charge in [0, 0.05) is 11.3 Å². The molecule has 2 atom stereocenters. The van der Waals surface area contributed by atoms with Crippen LogP contribution in [0.2, 0.25) is 0 Å². The van der Waals surface area contributed by atoms with Crippen molar-refractivity contribution in [1.29, 1.82) is 0 Å². The van der Waals surface area contributed by atoms with Crippen LogP contribution in [-0.4, -0.2) is 23.5 Å². The van der Waals surface area contributed by atoms with Crippen LogP contribution in [0.1, 0.15) is 35.2 Å². The minimum absolute atomic E-state index is 0.00360. The molecule has 1 aromatic rings. The molecule has 21 heavy (non-hydrogen) atoms. The first-order chi connectivity index (χ1) is 9.82. The number of para-hydroxylation sites is 1. The van der Waals surface area contributed by atoms with Crippen molar-refractivity contribution in [3.63, 3.8) is 0 Å². The highest BCUT2D eigenvalue weighted by Crippen LogP contribution is 2.35. The van der Waals surface area contributed by atoms with Gasteiger partial charge in [-0.1, -0.05) is 6.07 Å². The van der Waals surface area contributed by atoms with E-state index in [2.05, 4.69) is 5.32 Å². The summed E-state index contributed by atoms with van der Waals surface area (Å²) in [6, 6.07) is 3.41. The number of thioether (sulfide) groups is 1. The summed E-state index contributed by atoms with van der Waals surface area (Å²) < 4.78 is 38.3. The van der Waals surface area contributed by atoms with Gasteiger partial charge in [0.1, 0.15) is 0 Å². The van der Waals surface area contributed by atoms with Gasteiger partial charge in [0.2, 0.25) is 0 Å². The fraction of sp³-hybridized carbons (Fsp3) is 0.500. The average molecular weight is 318 g/mol. The summed E-state index contributed by atoms with van der Waals surface area (Å²) in [6.45, 7) is 0. The molecule has 0 bridgehead atoms. The molecule has 3 N–H and O–H groups in total. The minimum Gasteiger partial charge on any atom is -0.398 e. The van der Waals surface area contributed by atoms with E-state index in [9.17, 15) is 18.0 Å². The molecule has 1 aromatic carbocycles. The van der Waals surface area contributed by atoms with E-state index in [-0.39, 0.29) is 11.6 Å². The molecule has 0 radical (unpaired) electrons. The SMILES string of the molecule is CSC1CCC(NC(=O)c2cccc(C(F)(F)F)c2N)C1. The molecular weight excluding hydrogens is 301 g/mol. The van der Waals surface area contributed by atoms with Gasteiger partial charge in [-0.25, -0.2) is 0 Å². The Hall–Kier alpha value is -1.37. The molecule has 1 aliphatic carbocycles. The summed E-state index contributed by atoms with van der Waals surface area (Å²) in [6.07, 6.45) is 0.142. The maximum Gasteiger partial charge on any atom is 0.418 e. The second kappa shape index (κ2) is 6.17. The Morgan fingerprint density at radius 2 is 2.10 bits per heavy atom. The molecule has 1 amide bonds. The average Bonchev–Trinajstić information content (AvgIpc) is 2.85. The van der Waals surface area contributed by atoms with Gasteiger partial charge in [0.15, 0.2) is 0 Å². The van der Waals surface area contributed by atoms with Gasteiger partial charge in [-0.05, 0) is 37.7 Å². The molecule has 1 aliphatic rings. The molecule has 2 rings (SSSR count). The Balaban J connectivity index is 2.13. The van der Waals surface area contributed by atoms with Crippen molar-refractivity contribution in [2.75, 3.05) is 12.0 Å². The van der Waals surface area contributed by atoms with E-state index in [1.165, 1.54) is 12.1 Å². The Morgan fingerprint density at radius 1 is 1.38 bits per heavy atom. The second-order valence-corrected chi connectivity index (χ2v) is 6.24. The second-order valence-electron chi connectivity index (χ2n) is 5.11. The molecule has 116 valence electrons. The number of nitrogens with one attached hydrogen (secondary N) is 1. The topological polar surface area (TPSA) is 55.1 Å². The monoisotopic (exact) mass is 318 g/mol. The predicted molar refractivity (Wildman–Crippen MR) is 78.3 cm³/mol. The van der Waals surface area contributed by atoms with Gasteiger partial charge in [0.25, 0.3) is 5.91 Å². The van der Waals surface area contributed by atoms with E-state index in [0.717, 1.165) is 25.3 Å². The van der Waals surface area contributed by atoms with Crippen LogP contribution in [-0.2, 0) is 6.18 Å². The number of carbonyl (C=O) groups excluding carboxylic acids is 1. The number of anilines is 1.